The first-order chi connectivity index (χ1) is 13.6. The Morgan fingerprint density at radius 1 is 1.36 bits per heavy atom. The maximum absolute atomic E-state index is 11.2. The highest BCUT2D eigenvalue weighted by molar-refractivity contribution is 7.71. The van der Waals surface area contributed by atoms with Gasteiger partial charge in [-0.3, -0.25) is 10.3 Å². The van der Waals surface area contributed by atoms with Crippen LogP contribution >= 0.6 is 12.2 Å². The van der Waals surface area contributed by atoms with Crippen LogP contribution < -0.4 is 10.8 Å². The Labute approximate surface area is 165 Å². The van der Waals surface area contributed by atoms with Gasteiger partial charge in [0.05, 0.1) is 18.0 Å². The maximum atomic E-state index is 11.2. The number of tetrazole rings is 1. The van der Waals surface area contributed by atoms with Crippen LogP contribution in [0.1, 0.15) is 17.5 Å². The van der Waals surface area contributed by atoms with Crippen LogP contribution in [-0.2, 0) is 22.7 Å². The average molecular weight is 398 g/mol. The number of nitrogens with one attached hydrogen (secondary N) is 3. The van der Waals surface area contributed by atoms with Crippen LogP contribution in [0.15, 0.2) is 42.5 Å². The number of carboxylic acids is 1. The molecule has 28 heavy (non-hydrogen) atoms. The summed E-state index contributed by atoms with van der Waals surface area (Å²) in [6.45, 7) is 0.345. The van der Waals surface area contributed by atoms with E-state index in [4.69, 9.17) is 17.1 Å². The summed E-state index contributed by atoms with van der Waals surface area (Å²) >= 11 is 5.11. The predicted molar refractivity (Wildman–Crippen MR) is 105 cm³/mol. The van der Waals surface area contributed by atoms with E-state index < -0.39 is 12.0 Å². The fourth-order valence-corrected chi connectivity index (χ4v) is 3.39. The molecule has 2 aromatic carbocycles. The van der Waals surface area contributed by atoms with E-state index in [1.165, 1.54) is 0 Å². The molecule has 0 saturated heterocycles. The minimum atomic E-state index is -0.832. The van der Waals surface area contributed by atoms with Crippen molar-refractivity contribution in [3.63, 3.8) is 0 Å². The minimum absolute atomic E-state index is 0.334. The topological polar surface area (TPSA) is 117 Å². The molecule has 4 rings (SSSR count). The van der Waals surface area contributed by atoms with Crippen molar-refractivity contribution < 1.29 is 14.7 Å². The fourth-order valence-electron chi connectivity index (χ4n) is 3.21. The van der Waals surface area contributed by atoms with Crippen molar-refractivity contribution in [1.29, 1.82) is 0 Å². The number of fused-ring (bicyclic) bond motifs is 1. The number of aromatic nitrogens is 4. The summed E-state index contributed by atoms with van der Waals surface area (Å²) < 4.78 is 1.92. The molecule has 1 aromatic heterocycles. The predicted octanol–water partition coefficient (Wildman–Crippen LogP) is 2.68. The first-order valence-electron chi connectivity index (χ1n) is 8.70. The molecule has 0 bridgehead atoms. The number of aliphatic carboxylic acids is 1. The highest BCUT2D eigenvalue weighted by Crippen LogP contribution is 2.28. The number of aromatic amines is 1. The van der Waals surface area contributed by atoms with E-state index in [1.54, 1.807) is 4.68 Å². The number of anilines is 2. The van der Waals surface area contributed by atoms with Crippen LogP contribution in [-0.4, -0.2) is 37.3 Å². The molecule has 0 amide bonds. The second-order valence-corrected chi connectivity index (χ2v) is 6.74. The molecule has 0 radical (unpaired) electrons. The van der Waals surface area contributed by atoms with Gasteiger partial charge in [0, 0.05) is 5.69 Å². The number of H-pyrrole nitrogens is 1. The Balaban J connectivity index is 1.43. The molecule has 1 unspecified atom stereocenters. The first kappa shape index (κ1) is 18.1. The summed E-state index contributed by atoms with van der Waals surface area (Å²) in [7, 11) is 0. The van der Waals surface area contributed by atoms with E-state index in [9.17, 15) is 9.90 Å². The van der Waals surface area contributed by atoms with Gasteiger partial charge in [-0.15, -0.1) is 0 Å². The quantitative estimate of drug-likeness (QED) is 0.370. The number of carboxylic acid groups (broad SMARTS) is 1. The van der Waals surface area contributed by atoms with Gasteiger partial charge in [-0.25, -0.2) is 9.48 Å². The largest absolute Gasteiger partial charge is 0.480 e. The molecule has 1 aliphatic heterocycles. The van der Waals surface area contributed by atoms with Crippen molar-refractivity contribution in [2.24, 2.45) is 0 Å². The lowest BCUT2D eigenvalue weighted by molar-refractivity contribution is -0.138. The van der Waals surface area contributed by atoms with Crippen LogP contribution in [0.3, 0.4) is 0 Å². The van der Waals surface area contributed by atoms with E-state index in [0.717, 1.165) is 28.2 Å². The van der Waals surface area contributed by atoms with Gasteiger partial charge in [0.1, 0.15) is 6.04 Å². The van der Waals surface area contributed by atoms with Crippen LogP contribution in [0.4, 0.5) is 11.4 Å². The highest BCUT2D eigenvalue weighted by Gasteiger charge is 2.24. The molecule has 144 valence electrons. The summed E-state index contributed by atoms with van der Waals surface area (Å²) in [5.41, 5.74) is 7.42. The van der Waals surface area contributed by atoms with Crippen LogP contribution in [0, 0.1) is 4.77 Å². The summed E-state index contributed by atoms with van der Waals surface area (Å²) in [5.74, 6) is -0.832. The molecule has 0 spiro atoms. The van der Waals surface area contributed by atoms with Crippen molar-refractivity contribution >= 4 is 29.6 Å². The Kier molecular flexibility index (Phi) is 5.04. The van der Waals surface area contributed by atoms with Crippen LogP contribution in [0.25, 0.3) is 5.69 Å². The number of hydrogen-bond donors (Lipinski definition) is 4. The third kappa shape index (κ3) is 3.73. The summed E-state index contributed by atoms with van der Waals surface area (Å²) in [6.07, 6.45) is 1.24. The van der Waals surface area contributed by atoms with E-state index in [0.29, 0.717) is 24.2 Å². The smallest absolute Gasteiger partial charge is 0.326 e. The fraction of sp³-hybridized carbons (Fsp3) is 0.222. The molecule has 10 heteroatoms. The minimum Gasteiger partial charge on any atom is -0.480 e. The van der Waals surface area contributed by atoms with Gasteiger partial charge in [0.15, 0.2) is 0 Å². The van der Waals surface area contributed by atoms with Crippen LogP contribution in [0.2, 0.25) is 0 Å². The highest BCUT2D eigenvalue weighted by atomic mass is 32.1. The third-order valence-corrected chi connectivity index (χ3v) is 4.84. The van der Waals surface area contributed by atoms with Crippen LogP contribution in [0.5, 0.6) is 0 Å². The van der Waals surface area contributed by atoms with E-state index in [1.807, 2.05) is 42.5 Å². The molecule has 0 fully saturated rings. The van der Waals surface area contributed by atoms with Gasteiger partial charge in [-0.2, -0.15) is 5.21 Å². The van der Waals surface area contributed by atoms with Gasteiger partial charge in [0.2, 0.25) is 4.77 Å². The van der Waals surface area contributed by atoms with Crippen molar-refractivity contribution in [3.05, 3.63) is 58.4 Å². The second-order valence-electron chi connectivity index (χ2n) is 6.38. The lowest BCUT2D eigenvalue weighted by atomic mass is 9.94. The summed E-state index contributed by atoms with van der Waals surface area (Å²) in [5, 5.41) is 22.4. The van der Waals surface area contributed by atoms with Gasteiger partial charge >= 0.3 is 5.97 Å². The molecule has 4 N–H and O–H groups in total. The monoisotopic (exact) mass is 398 g/mol. The van der Waals surface area contributed by atoms with Gasteiger partial charge in [-0.1, -0.05) is 28.5 Å². The Morgan fingerprint density at radius 3 is 3.00 bits per heavy atom. The van der Waals surface area contributed by atoms with Crippen molar-refractivity contribution in [2.75, 3.05) is 10.8 Å². The van der Waals surface area contributed by atoms with Gasteiger partial charge in [-0.05, 0) is 60.5 Å². The first-order valence-corrected chi connectivity index (χ1v) is 9.11. The molecule has 0 aliphatic carbocycles. The Bertz CT molecular complexity index is 1060. The molecular weight excluding hydrogens is 380 g/mol. The zero-order valence-electron chi connectivity index (χ0n) is 14.8. The SMILES string of the molecule is O=C(O)C1CCc2c(CONc3cccc(-n4[nH]nnc4=S)c3)cccc2N1. The van der Waals surface area contributed by atoms with Crippen molar-refractivity contribution in [3.8, 4) is 5.69 Å². The zero-order valence-corrected chi connectivity index (χ0v) is 15.6. The standard InChI is InChI=1S/C18H18N6O3S/c25-17(26)16-8-7-14-11(3-1-6-15(14)19-16)10-27-21-12-4-2-5-13(9-12)24-18(28)20-22-23-24/h1-6,9,16,19,21H,7-8,10H2,(H,25,26)(H,20,23,28). The average Bonchev–Trinajstić information content (AvgIpc) is 3.14. The molecule has 1 aliphatic rings. The summed E-state index contributed by atoms with van der Waals surface area (Å²) in [6, 6.07) is 12.7. The molecule has 0 saturated carbocycles. The summed E-state index contributed by atoms with van der Waals surface area (Å²) in [4.78, 5) is 16.9. The Hall–Kier alpha value is -3.24. The number of nitrogens with zero attached hydrogens (tertiary/aromatic N) is 3. The number of rotatable bonds is 6. The number of benzene rings is 2. The lowest BCUT2D eigenvalue weighted by Gasteiger charge is -2.26. The third-order valence-electron chi connectivity index (χ3n) is 4.58. The normalized spacial score (nSPS) is 15.5. The van der Waals surface area contributed by atoms with E-state index in [2.05, 4.69) is 26.3 Å². The Morgan fingerprint density at radius 2 is 2.21 bits per heavy atom. The molecule has 3 aromatic rings. The number of carbonyl (C=O) groups is 1. The van der Waals surface area contributed by atoms with E-state index >= 15 is 0 Å². The van der Waals surface area contributed by atoms with Gasteiger partial charge in [0.25, 0.3) is 0 Å². The zero-order chi connectivity index (χ0) is 19.5. The van der Waals surface area contributed by atoms with E-state index in [-0.39, 0.29) is 0 Å². The second kappa shape index (κ2) is 7.79. The van der Waals surface area contributed by atoms with Crippen molar-refractivity contribution in [1.82, 2.24) is 20.2 Å². The maximum Gasteiger partial charge on any atom is 0.326 e. The lowest BCUT2D eigenvalue weighted by Crippen LogP contribution is -2.33. The van der Waals surface area contributed by atoms with Crippen molar-refractivity contribution in [2.45, 2.75) is 25.5 Å². The number of hydrogen-bond acceptors (Lipinski definition) is 7. The molecule has 2 heterocycles. The molecule has 9 nitrogen and oxygen atoms in total. The van der Waals surface area contributed by atoms with Gasteiger partial charge < -0.3 is 10.4 Å². The molecular formula is C18H18N6O3S. The molecule has 1 atom stereocenters.